The Balaban J connectivity index is 1.56. The van der Waals surface area contributed by atoms with Crippen molar-refractivity contribution in [3.05, 3.63) is 83.2 Å². The van der Waals surface area contributed by atoms with E-state index in [2.05, 4.69) is 40.2 Å². The quantitative estimate of drug-likeness (QED) is 0.546. The van der Waals surface area contributed by atoms with Gasteiger partial charge in [-0.2, -0.15) is 4.98 Å². The summed E-state index contributed by atoms with van der Waals surface area (Å²) in [6.45, 7) is 2.07. The Hall–Kier alpha value is -3.34. The van der Waals surface area contributed by atoms with Crippen molar-refractivity contribution in [3.8, 4) is 11.4 Å². The molecule has 5 rings (SSSR count). The number of aryl methyl sites for hydroxylation is 1. The molecule has 132 valence electrons. The zero-order valence-electron chi connectivity index (χ0n) is 15.0. The molecular weight excluding hydrogens is 336 g/mol. The van der Waals surface area contributed by atoms with Gasteiger partial charge in [0.1, 0.15) is 0 Å². The predicted octanol–water partition coefficient (Wildman–Crippen LogP) is 4.01. The first-order chi connectivity index (χ1) is 13.2. The van der Waals surface area contributed by atoms with Crippen molar-refractivity contribution >= 4 is 11.6 Å². The van der Waals surface area contributed by atoms with Crippen LogP contribution in [0.3, 0.4) is 0 Å². The molecule has 1 aliphatic carbocycles. The van der Waals surface area contributed by atoms with E-state index in [1.54, 1.807) is 10.7 Å². The van der Waals surface area contributed by atoms with Gasteiger partial charge < -0.3 is 0 Å². The standard InChI is InChI=1S/C22H18N4O/c1-14-6-5-9-16(10-14)17-11-19-18(20(27)12-17)13-26-22(23-19)24-21(25-26)15-7-3-2-4-8-15/h2-10,13,17H,11-12H2,1H3. The van der Waals surface area contributed by atoms with Crippen molar-refractivity contribution in [1.82, 2.24) is 19.6 Å². The highest BCUT2D eigenvalue weighted by molar-refractivity contribution is 5.98. The van der Waals surface area contributed by atoms with E-state index in [-0.39, 0.29) is 11.7 Å². The third-order valence-corrected chi connectivity index (χ3v) is 5.13. The largest absolute Gasteiger partial charge is 0.294 e. The number of fused-ring (bicyclic) bond motifs is 2. The summed E-state index contributed by atoms with van der Waals surface area (Å²) in [4.78, 5) is 22.0. The summed E-state index contributed by atoms with van der Waals surface area (Å²) in [5.41, 5.74) is 4.82. The molecule has 2 heterocycles. The molecule has 5 nitrogen and oxygen atoms in total. The minimum Gasteiger partial charge on any atom is -0.294 e. The Kier molecular flexibility index (Phi) is 3.60. The second-order valence-corrected chi connectivity index (χ2v) is 7.09. The Morgan fingerprint density at radius 1 is 1.00 bits per heavy atom. The number of carbonyl (C=O) groups is 1. The molecular formula is C22H18N4O. The van der Waals surface area contributed by atoms with Crippen molar-refractivity contribution in [2.45, 2.75) is 25.7 Å². The molecule has 1 unspecified atom stereocenters. The fourth-order valence-electron chi connectivity index (χ4n) is 3.75. The fourth-order valence-corrected chi connectivity index (χ4v) is 3.75. The molecule has 0 bridgehead atoms. The first-order valence-corrected chi connectivity index (χ1v) is 9.09. The van der Waals surface area contributed by atoms with Gasteiger partial charge in [-0.3, -0.25) is 4.79 Å². The summed E-state index contributed by atoms with van der Waals surface area (Å²) in [7, 11) is 0. The minimum atomic E-state index is 0.119. The molecule has 5 heteroatoms. The fraction of sp³-hybridized carbons (Fsp3) is 0.182. The summed E-state index contributed by atoms with van der Waals surface area (Å²) in [5, 5.41) is 4.51. The zero-order valence-corrected chi connectivity index (χ0v) is 15.0. The maximum absolute atomic E-state index is 12.8. The summed E-state index contributed by atoms with van der Waals surface area (Å²) >= 11 is 0. The topological polar surface area (TPSA) is 60.2 Å². The van der Waals surface area contributed by atoms with Crippen molar-refractivity contribution in [3.63, 3.8) is 0 Å². The van der Waals surface area contributed by atoms with Crippen LogP contribution in [0.25, 0.3) is 17.2 Å². The van der Waals surface area contributed by atoms with E-state index in [4.69, 9.17) is 0 Å². The SMILES string of the molecule is Cc1cccc(C2CC(=O)c3cn4nc(-c5ccccc5)nc4nc3C2)c1. The lowest BCUT2D eigenvalue weighted by atomic mass is 9.82. The smallest absolute Gasteiger partial charge is 0.252 e. The summed E-state index contributed by atoms with van der Waals surface area (Å²) in [6, 6.07) is 18.2. The second kappa shape index (κ2) is 6.13. The summed E-state index contributed by atoms with van der Waals surface area (Å²) in [6.07, 6.45) is 3.03. The maximum Gasteiger partial charge on any atom is 0.252 e. The molecule has 0 amide bonds. The van der Waals surface area contributed by atoms with Crippen LogP contribution < -0.4 is 0 Å². The van der Waals surface area contributed by atoms with Gasteiger partial charge in [-0.15, -0.1) is 5.10 Å². The highest BCUT2D eigenvalue weighted by Gasteiger charge is 2.28. The highest BCUT2D eigenvalue weighted by Crippen LogP contribution is 2.32. The molecule has 0 aliphatic heterocycles. The van der Waals surface area contributed by atoms with Gasteiger partial charge in [0.15, 0.2) is 11.6 Å². The molecule has 2 aromatic heterocycles. The number of benzene rings is 2. The molecule has 2 aromatic carbocycles. The van der Waals surface area contributed by atoms with E-state index in [1.165, 1.54) is 11.1 Å². The van der Waals surface area contributed by atoms with Crippen LogP contribution in [0.1, 0.15) is 39.5 Å². The van der Waals surface area contributed by atoms with Gasteiger partial charge in [0.05, 0.1) is 11.3 Å². The van der Waals surface area contributed by atoms with Crippen LogP contribution in [0.5, 0.6) is 0 Å². The number of aromatic nitrogens is 4. The van der Waals surface area contributed by atoms with Crippen molar-refractivity contribution in [2.24, 2.45) is 0 Å². The Morgan fingerprint density at radius 3 is 2.67 bits per heavy atom. The lowest BCUT2D eigenvalue weighted by Gasteiger charge is -2.23. The number of carbonyl (C=O) groups excluding carboxylic acids is 1. The number of rotatable bonds is 2. The number of Topliss-reactive ketones (excluding diaryl/α,β-unsaturated/α-hetero) is 1. The Morgan fingerprint density at radius 2 is 1.85 bits per heavy atom. The lowest BCUT2D eigenvalue weighted by Crippen LogP contribution is -2.21. The number of hydrogen-bond acceptors (Lipinski definition) is 4. The molecule has 27 heavy (non-hydrogen) atoms. The molecule has 1 aliphatic rings. The van der Waals surface area contributed by atoms with Gasteiger partial charge in [0.2, 0.25) is 0 Å². The summed E-state index contributed by atoms with van der Waals surface area (Å²) < 4.78 is 1.62. The van der Waals surface area contributed by atoms with Crippen LogP contribution in [0.4, 0.5) is 0 Å². The molecule has 4 aromatic rings. The number of hydrogen-bond donors (Lipinski definition) is 0. The van der Waals surface area contributed by atoms with E-state index in [0.717, 1.165) is 17.7 Å². The van der Waals surface area contributed by atoms with Gasteiger partial charge in [-0.1, -0.05) is 60.2 Å². The second-order valence-electron chi connectivity index (χ2n) is 7.09. The maximum atomic E-state index is 12.8. The van der Waals surface area contributed by atoms with Gasteiger partial charge in [-0.05, 0) is 24.8 Å². The Bertz CT molecular complexity index is 1160. The zero-order chi connectivity index (χ0) is 18.4. The number of nitrogens with zero attached hydrogens (tertiary/aromatic N) is 4. The predicted molar refractivity (Wildman–Crippen MR) is 103 cm³/mol. The van der Waals surface area contributed by atoms with E-state index >= 15 is 0 Å². The monoisotopic (exact) mass is 354 g/mol. The van der Waals surface area contributed by atoms with Crippen LogP contribution in [0, 0.1) is 6.92 Å². The normalized spacial score (nSPS) is 16.5. The third kappa shape index (κ3) is 2.81. The summed E-state index contributed by atoms with van der Waals surface area (Å²) in [5.74, 6) is 1.43. The van der Waals surface area contributed by atoms with Crippen LogP contribution in [0.15, 0.2) is 60.8 Å². The van der Waals surface area contributed by atoms with Crippen LogP contribution in [-0.4, -0.2) is 25.4 Å². The Labute approximate surface area is 156 Å². The first-order valence-electron chi connectivity index (χ1n) is 9.09. The lowest BCUT2D eigenvalue weighted by molar-refractivity contribution is 0.0962. The molecule has 0 radical (unpaired) electrons. The molecule has 0 fully saturated rings. The molecule has 0 spiro atoms. The average Bonchev–Trinajstić information content (AvgIpc) is 3.10. The first kappa shape index (κ1) is 15.9. The van der Waals surface area contributed by atoms with E-state index in [1.807, 2.05) is 36.4 Å². The third-order valence-electron chi connectivity index (χ3n) is 5.13. The minimum absolute atomic E-state index is 0.119. The molecule has 0 saturated heterocycles. The van der Waals surface area contributed by atoms with Crippen LogP contribution in [0.2, 0.25) is 0 Å². The highest BCUT2D eigenvalue weighted by atomic mass is 16.1. The van der Waals surface area contributed by atoms with E-state index < -0.39 is 0 Å². The van der Waals surface area contributed by atoms with Crippen molar-refractivity contribution < 1.29 is 4.79 Å². The van der Waals surface area contributed by atoms with Gasteiger partial charge >= 0.3 is 0 Å². The van der Waals surface area contributed by atoms with Crippen molar-refractivity contribution in [2.75, 3.05) is 0 Å². The van der Waals surface area contributed by atoms with E-state index in [0.29, 0.717) is 23.6 Å². The molecule has 1 atom stereocenters. The number of ketones is 1. The molecule has 0 saturated carbocycles. The van der Waals surface area contributed by atoms with Crippen molar-refractivity contribution in [1.29, 1.82) is 0 Å². The van der Waals surface area contributed by atoms with E-state index in [9.17, 15) is 4.79 Å². The molecule has 0 N–H and O–H groups in total. The van der Waals surface area contributed by atoms with Gasteiger partial charge in [0, 0.05) is 18.2 Å². The average molecular weight is 354 g/mol. The van der Waals surface area contributed by atoms with Crippen LogP contribution >= 0.6 is 0 Å². The van der Waals surface area contributed by atoms with Crippen LogP contribution in [-0.2, 0) is 6.42 Å². The van der Waals surface area contributed by atoms with Gasteiger partial charge in [0.25, 0.3) is 5.78 Å². The van der Waals surface area contributed by atoms with Gasteiger partial charge in [-0.25, -0.2) is 9.50 Å².